The molecule has 0 aliphatic rings. The van der Waals surface area contributed by atoms with Gasteiger partial charge < -0.3 is 20.1 Å². The molecule has 0 saturated carbocycles. The van der Waals surface area contributed by atoms with Crippen LogP contribution in [0, 0.1) is 10.1 Å². The van der Waals surface area contributed by atoms with Crippen LogP contribution in [0.15, 0.2) is 24.5 Å². The van der Waals surface area contributed by atoms with Crippen molar-refractivity contribution in [2.24, 2.45) is 0 Å². The first kappa shape index (κ1) is 18.2. The summed E-state index contributed by atoms with van der Waals surface area (Å²) in [6, 6.07) is 5.14. The highest BCUT2D eigenvalue weighted by Crippen LogP contribution is 2.36. The van der Waals surface area contributed by atoms with Crippen molar-refractivity contribution in [3.8, 4) is 11.5 Å². The first-order valence-electron chi connectivity index (χ1n) is 7.75. The summed E-state index contributed by atoms with van der Waals surface area (Å²) in [5.74, 6) is 1.32. The molecular formula is C16H21N5O4. The summed E-state index contributed by atoms with van der Waals surface area (Å²) >= 11 is 0. The Balaban J connectivity index is 2.46. The van der Waals surface area contributed by atoms with Gasteiger partial charge in [0.25, 0.3) is 0 Å². The molecule has 1 heterocycles. The van der Waals surface area contributed by atoms with E-state index in [1.807, 2.05) is 13.8 Å². The summed E-state index contributed by atoms with van der Waals surface area (Å²) in [5, 5.41) is 17.5. The van der Waals surface area contributed by atoms with Crippen LogP contribution >= 0.6 is 0 Å². The molecule has 0 aliphatic heterocycles. The quantitative estimate of drug-likeness (QED) is 0.552. The number of nitro groups is 1. The fourth-order valence-electron chi connectivity index (χ4n) is 2.12. The molecule has 0 saturated heterocycles. The van der Waals surface area contributed by atoms with E-state index in [1.165, 1.54) is 20.5 Å². The lowest BCUT2D eigenvalue weighted by molar-refractivity contribution is -0.383. The normalized spacial score (nSPS) is 11.5. The minimum Gasteiger partial charge on any atom is -0.497 e. The Kier molecular flexibility index (Phi) is 5.93. The summed E-state index contributed by atoms with van der Waals surface area (Å²) < 4.78 is 10.5. The van der Waals surface area contributed by atoms with Gasteiger partial charge >= 0.3 is 5.69 Å². The molecule has 134 valence electrons. The third-order valence-corrected chi connectivity index (χ3v) is 3.66. The minimum atomic E-state index is -0.514. The average molecular weight is 347 g/mol. The molecule has 0 aliphatic carbocycles. The fraction of sp³-hybridized carbons (Fsp3) is 0.375. The van der Waals surface area contributed by atoms with Gasteiger partial charge in [0, 0.05) is 12.1 Å². The third kappa shape index (κ3) is 4.25. The van der Waals surface area contributed by atoms with Gasteiger partial charge in [-0.2, -0.15) is 0 Å². The number of ether oxygens (including phenoxy) is 2. The molecule has 2 aromatic rings. The molecule has 0 bridgehead atoms. The van der Waals surface area contributed by atoms with E-state index in [4.69, 9.17) is 9.47 Å². The van der Waals surface area contributed by atoms with Gasteiger partial charge in [0.05, 0.1) is 24.8 Å². The van der Waals surface area contributed by atoms with Crippen LogP contribution in [0.5, 0.6) is 11.5 Å². The lowest BCUT2D eigenvalue weighted by Gasteiger charge is -2.15. The molecule has 25 heavy (non-hydrogen) atoms. The Hall–Kier alpha value is -3.10. The topological polar surface area (TPSA) is 111 Å². The Labute approximate surface area is 145 Å². The first-order valence-corrected chi connectivity index (χ1v) is 7.75. The average Bonchev–Trinajstić information content (AvgIpc) is 2.61. The van der Waals surface area contributed by atoms with Crippen LogP contribution in [0.25, 0.3) is 0 Å². The van der Waals surface area contributed by atoms with E-state index in [2.05, 4.69) is 20.6 Å². The first-order chi connectivity index (χ1) is 12.0. The highest BCUT2D eigenvalue weighted by Gasteiger charge is 2.24. The summed E-state index contributed by atoms with van der Waals surface area (Å²) in [5.41, 5.74) is 0.269. The number of methoxy groups -OCH3 is 2. The monoisotopic (exact) mass is 347 g/mol. The van der Waals surface area contributed by atoms with E-state index in [1.54, 1.807) is 18.2 Å². The van der Waals surface area contributed by atoms with Crippen molar-refractivity contribution in [1.29, 1.82) is 0 Å². The second-order valence-corrected chi connectivity index (χ2v) is 5.32. The number of hydrogen-bond acceptors (Lipinski definition) is 8. The second-order valence-electron chi connectivity index (χ2n) is 5.32. The largest absolute Gasteiger partial charge is 0.497 e. The van der Waals surface area contributed by atoms with Crippen LogP contribution in [-0.2, 0) is 0 Å². The summed E-state index contributed by atoms with van der Waals surface area (Å²) in [6.07, 6.45) is 2.07. The number of hydrogen-bond donors (Lipinski definition) is 2. The van der Waals surface area contributed by atoms with Crippen molar-refractivity contribution in [3.05, 3.63) is 34.6 Å². The Morgan fingerprint density at radius 2 is 1.96 bits per heavy atom. The van der Waals surface area contributed by atoms with Crippen LogP contribution in [0.3, 0.4) is 0 Å². The smallest absolute Gasteiger partial charge is 0.353 e. The SMILES string of the molecule is CCC(C)Nc1ncnc(Nc2cc(OC)ccc2OC)c1[N+](=O)[O-]. The van der Waals surface area contributed by atoms with Gasteiger partial charge in [-0.1, -0.05) is 6.92 Å². The zero-order valence-corrected chi connectivity index (χ0v) is 14.6. The highest BCUT2D eigenvalue weighted by molar-refractivity contribution is 5.76. The third-order valence-electron chi connectivity index (χ3n) is 3.66. The van der Waals surface area contributed by atoms with Gasteiger partial charge in [-0.25, -0.2) is 9.97 Å². The van der Waals surface area contributed by atoms with Crippen molar-refractivity contribution in [2.45, 2.75) is 26.3 Å². The fourth-order valence-corrected chi connectivity index (χ4v) is 2.12. The van der Waals surface area contributed by atoms with E-state index in [9.17, 15) is 10.1 Å². The number of nitrogens with zero attached hydrogens (tertiary/aromatic N) is 3. The molecular weight excluding hydrogens is 326 g/mol. The van der Waals surface area contributed by atoms with Crippen molar-refractivity contribution < 1.29 is 14.4 Å². The predicted molar refractivity (Wildman–Crippen MR) is 94.9 cm³/mol. The number of anilines is 3. The summed E-state index contributed by atoms with van der Waals surface area (Å²) in [4.78, 5) is 19.1. The molecule has 1 aromatic carbocycles. The molecule has 1 unspecified atom stereocenters. The van der Waals surface area contributed by atoms with Crippen LogP contribution in [-0.4, -0.2) is 35.2 Å². The Morgan fingerprint density at radius 1 is 1.24 bits per heavy atom. The maximum absolute atomic E-state index is 11.6. The van der Waals surface area contributed by atoms with Gasteiger partial charge in [0.1, 0.15) is 17.8 Å². The van der Waals surface area contributed by atoms with Gasteiger partial charge in [-0.05, 0) is 25.5 Å². The number of aromatic nitrogens is 2. The van der Waals surface area contributed by atoms with E-state index in [-0.39, 0.29) is 23.4 Å². The van der Waals surface area contributed by atoms with E-state index in [0.29, 0.717) is 17.2 Å². The molecule has 2 rings (SSSR count). The maximum atomic E-state index is 11.6. The maximum Gasteiger partial charge on any atom is 0.353 e. The number of benzene rings is 1. The van der Waals surface area contributed by atoms with Crippen molar-refractivity contribution >= 4 is 23.0 Å². The van der Waals surface area contributed by atoms with Gasteiger partial charge in [0.15, 0.2) is 0 Å². The van der Waals surface area contributed by atoms with Gasteiger partial charge in [-0.15, -0.1) is 0 Å². The van der Waals surface area contributed by atoms with Crippen LogP contribution in [0.2, 0.25) is 0 Å². The Bertz CT molecular complexity index is 753. The second kappa shape index (κ2) is 8.13. The van der Waals surface area contributed by atoms with E-state index >= 15 is 0 Å². The van der Waals surface area contributed by atoms with Gasteiger partial charge in [-0.3, -0.25) is 10.1 Å². The van der Waals surface area contributed by atoms with Crippen LogP contribution in [0.1, 0.15) is 20.3 Å². The van der Waals surface area contributed by atoms with Crippen LogP contribution < -0.4 is 20.1 Å². The molecule has 0 amide bonds. The summed E-state index contributed by atoms with van der Waals surface area (Å²) in [6.45, 7) is 3.90. The van der Waals surface area contributed by atoms with Gasteiger partial charge in [0.2, 0.25) is 11.6 Å². The minimum absolute atomic E-state index is 0.0350. The molecule has 2 N–H and O–H groups in total. The van der Waals surface area contributed by atoms with Crippen molar-refractivity contribution in [1.82, 2.24) is 9.97 Å². The molecule has 0 fully saturated rings. The Morgan fingerprint density at radius 3 is 2.56 bits per heavy atom. The molecule has 0 radical (unpaired) electrons. The molecule has 0 spiro atoms. The van der Waals surface area contributed by atoms with Crippen molar-refractivity contribution in [3.63, 3.8) is 0 Å². The zero-order chi connectivity index (χ0) is 18.4. The molecule has 9 heteroatoms. The summed E-state index contributed by atoms with van der Waals surface area (Å²) in [7, 11) is 3.05. The van der Waals surface area contributed by atoms with E-state index < -0.39 is 4.92 Å². The highest BCUT2D eigenvalue weighted by atomic mass is 16.6. The lowest BCUT2D eigenvalue weighted by atomic mass is 10.2. The molecule has 1 aromatic heterocycles. The number of rotatable bonds is 8. The predicted octanol–water partition coefficient (Wildman–Crippen LogP) is 3.36. The molecule has 9 nitrogen and oxygen atoms in total. The standard InChI is InChI=1S/C16H21N5O4/c1-5-10(2)19-15-14(21(22)23)16(18-9-17-15)20-12-8-11(24-3)6-7-13(12)25-4/h6-10H,5H2,1-4H3,(H2,17,18,19,20). The lowest BCUT2D eigenvalue weighted by Crippen LogP contribution is -2.16. The zero-order valence-electron chi connectivity index (χ0n) is 14.6. The van der Waals surface area contributed by atoms with Crippen LogP contribution in [0.4, 0.5) is 23.0 Å². The molecule has 1 atom stereocenters. The van der Waals surface area contributed by atoms with Crippen molar-refractivity contribution in [2.75, 3.05) is 24.9 Å². The van der Waals surface area contributed by atoms with E-state index in [0.717, 1.165) is 6.42 Å². The number of nitrogens with one attached hydrogen (secondary N) is 2.